The third-order valence-electron chi connectivity index (χ3n) is 8.99. The molecule has 0 unspecified atom stereocenters. The molecule has 2 aliphatic rings. The molecular formula is C41H48ClN3O17S2. The fourth-order valence-corrected chi connectivity index (χ4v) is 8.77. The van der Waals surface area contributed by atoms with Crippen LogP contribution in [0.5, 0.6) is 0 Å². The van der Waals surface area contributed by atoms with Gasteiger partial charge in [-0.3, -0.25) is 38.1 Å². The van der Waals surface area contributed by atoms with E-state index in [4.69, 9.17) is 57.4 Å². The minimum atomic E-state index is -1.83. The molecule has 0 N–H and O–H groups in total. The molecular weight excluding hydrogens is 906 g/mol. The highest BCUT2D eigenvalue weighted by Gasteiger charge is 2.57. The normalized spacial score (nSPS) is 25.8. The molecule has 20 nitrogen and oxygen atoms in total. The van der Waals surface area contributed by atoms with Crippen molar-refractivity contribution in [2.45, 2.75) is 117 Å². The summed E-state index contributed by atoms with van der Waals surface area (Å²) in [5, 5.41) is 0. The van der Waals surface area contributed by atoms with Crippen molar-refractivity contribution < 1.29 is 80.9 Å². The Morgan fingerprint density at radius 3 is 1.56 bits per heavy atom. The average molecular weight is 954 g/mol. The van der Waals surface area contributed by atoms with Gasteiger partial charge in [0, 0.05) is 48.5 Å². The van der Waals surface area contributed by atoms with Gasteiger partial charge in [0.05, 0.1) is 11.4 Å². The molecule has 0 aliphatic carbocycles. The smallest absolute Gasteiger partial charge is 0.303 e. The van der Waals surface area contributed by atoms with Gasteiger partial charge in [0.2, 0.25) is 9.60 Å². The second-order valence-electron chi connectivity index (χ2n) is 14.2. The van der Waals surface area contributed by atoms with E-state index in [1.807, 2.05) is 61.5 Å². The summed E-state index contributed by atoms with van der Waals surface area (Å²) in [6.07, 6.45) is -15.9. The summed E-state index contributed by atoms with van der Waals surface area (Å²) >= 11 is 0. The standard InChI is InChI=1S/C41H47N3O17S2.ClH/c1-20-14-16-28(17-15-20)42-40-44(29-12-10-9-11-13-29)41(63-62-40)43-38-36(57-26(7)50)34(55-24(5)48)33(30(59-38)18-52-21(2)45)61-39-37(58-27(8)51)35(56-25(6)49)32(54-23(4)47)31(60-39)19-53-22(3)46;/h9-17,30-39H,18-19H2,1-8H3;1H/b42-40?,43-41+;/t30-,31-,32+,33-,34+,35+,36-,37-,38-,39+;/m1./s1. The van der Waals surface area contributed by atoms with Crippen molar-refractivity contribution in [3.8, 4) is 5.69 Å². The summed E-state index contributed by atoms with van der Waals surface area (Å²) < 4.78 is 59.7. The Kier molecular flexibility index (Phi) is 18.7. The lowest BCUT2D eigenvalue weighted by Crippen LogP contribution is -2.67. The van der Waals surface area contributed by atoms with Crippen LogP contribution in [0, 0.1) is 6.92 Å². The number of hydrogen-bond donors (Lipinski definition) is 0. The van der Waals surface area contributed by atoms with Gasteiger partial charge < -0.3 is 47.4 Å². The summed E-state index contributed by atoms with van der Waals surface area (Å²) in [6.45, 7) is 8.40. The first-order valence-electron chi connectivity index (χ1n) is 19.4. The lowest BCUT2D eigenvalue weighted by Gasteiger charge is -2.48. The van der Waals surface area contributed by atoms with Gasteiger partial charge in [-0.2, -0.15) is 0 Å². The van der Waals surface area contributed by atoms with E-state index in [1.165, 1.54) is 20.7 Å². The number of carbonyl (C=O) groups is 7. The van der Waals surface area contributed by atoms with E-state index in [9.17, 15) is 33.6 Å². The average Bonchev–Trinajstić information content (AvgIpc) is 3.59. The lowest BCUT2D eigenvalue weighted by atomic mass is 9.95. The largest absolute Gasteiger partial charge is 0.463 e. The monoisotopic (exact) mass is 953 g/mol. The maximum Gasteiger partial charge on any atom is 0.303 e. The summed E-state index contributed by atoms with van der Waals surface area (Å²) in [7, 11) is 2.50. The van der Waals surface area contributed by atoms with E-state index >= 15 is 0 Å². The van der Waals surface area contributed by atoms with E-state index in [-0.39, 0.29) is 12.4 Å². The van der Waals surface area contributed by atoms with E-state index in [0.717, 1.165) is 54.0 Å². The van der Waals surface area contributed by atoms with Crippen LogP contribution in [0.1, 0.15) is 54.0 Å². The molecule has 0 spiro atoms. The van der Waals surface area contributed by atoms with Crippen LogP contribution >= 0.6 is 33.1 Å². The predicted molar refractivity (Wildman–Crippen MR) is 224 cm³/mol. The molecule has 0 radical (unpaired) electrons. The Morgan fingerprint density at radius 2 is 1.03 bits per heavy atom. The SMILES string of the molecule is CC(=O)OC[C@H]1O[C@@H](O[C@H]2[C@H](OC(C)=O)[C@@H](OC(C)=O)[C@H](/N=c3/ssc(=Nc4ccc(C)cc4)n3-c3ccccc3)O[C@@H]2COC(C)=O)[C@H](OC(C)=O)[C@@H](OC(C)=O)[C@H]1OC(C)=O.Cl. The lowest BCUT2D eigenvalue weighted by molar-refractivity contribution is -0.344. The zero-order valence-electron chi connectivity index (χ0n) is 35.9. The van der Waals surface area contributed by atoms with Crippen LogP contribution < -0.4 is 9.60 Å². The van der Waals surface area contributed by atoms with Crippen LogP contribution in [0.3, 0.4) is 0 Å². The van der Waals surface area contributed by atoms with Crippen LogP contribution in [-0.2, 0) is 80.9 Å². The molecule has 0 bridgehead atoms. The second-order valence-corrected chi connectivity index (χ2v) is 16.2. The van der Waals surface area contributed by atoms with Gasteiger partial charge in [-0.25, -0.2) is 9.98 Å². The number of aryl methyl sites for hydroxylation is 1. The Hall–Kier alpha value is -5.52. The van der Waals surface area contributed by atoms with Gasteiger partial charge in [0.25, 0.3) is 0 Å². The number of halogens is 1. The van der Waals surface area contributed by atoms with Crippen molar-refractivity contribution in [1.29, 1.82) is 0 Å². The maximum atomic E-state index is 12.9. The third kappa shape index (κ3) is 14.0. The minimum Gasteiger partial charge on any atom is -0.463 e. The Bertz CT molecular complexity index is 2280. The molecule has 23 heteroatoms. The van der Waals surface area contributed by atoms with Crippen molar-refractivity contribution in [3.05, 3.63) is 69.8 Å². The van der Waals surface area contributed by atoms with E-state index in [0.29, 0.717) is 21.0 Å². The minimum absolute atomic E-state index is 0. The van der Waals surface area contributed by atoms with Crippen LogP contribution in [0.25, 0.3) is 5.69 Å². The van der Waals surface area contributed by atoms with Crippen molar-refractivity contribution in [3.63, 3.8) is 0 Å². The first-order chi connectivity index (χ1) is 29.9. The number of ether oxygens (including phenoxy) is 10. The van der Waals surface area contributed by atoms with Crippen LogP contribution in [-0.4, -0.2) is 121 Å². The molecule has 2 aromatic carbocycles. The second kappa shape index (κ2) is 23.4. The number of carbonyl (C=O) groups excluding carboxylic acids is 7. The molecule has 10 atom stereocenters. The molecule has 2 fully saturated rings. The third-order valence-corrected chi connectivity index (χ3v) is 11.1. The summed E-state index contributed by atoms with van der Waals surface area (Å²) in [4.78, 5) is 98.1. The molecule has 2 saturated heterocycles. The van der Waals surface area contributed by atoms with Crippen molar-refractivity contribution >= 4 is 80.6 Å². The summed E-state index contributed by atoms with van der Waals surface area (Å²) in [5.41, 5.74) is 2.37. The molecule has 64 heavy (non-hydrogen) atoms. The first-order valence-corrected chi connectivity index (χ1v) is 21.6. The van der Waals surface area contributed by atoms with E-state index in [2.05, 4.69) is 0 Å². The molecule has 0 saturated carbocycles. The molecule has 5 rings (SSSR count). The topological polar surface area (TPSA) is 241 Å². The molecule has 3 heterocycles. The van der Waals surface area contributed by atoms with Gasteiger partial charge in [0.1, 0.15) is 31.5 Å². The van der Waals surface area contributed by atoms with Crippen LogP contribution in [0.4, 0.5) is 5.69 Å². The zero-order chi connectivity index (χ0) is 46.0. The fourth-order valence-electron chi connectivity index (χ4n) is 6.61. The Balaban J connectivity index is 0.00000898. The Labute approximate surface area is 380 Å². The maximum absolute atomic E-state index is 12.9. The summed E-state index contributed by atoms with van der Waals surface area (Å²) in [6, 6.07) is 16.7. The zero-order valence-corrected chi connectivity index (χ0v) is 38.3. The number of esters is 7. The first kappa shape index (κ1) is 51.1. The van der Waals surface area contributed by atoms with E-state index in [1.54, 1.807) is 4.57 Å². The molecule has 2 aliphatic heterocycles. The van der Waals surface area contributed by atoms with Crippen molar-refractivity contribution in [2.24, 2.45) is 9.98 Å². The Morgan fingerprint density at radius 1 is 0.562 bits per heavy atom. The summed E-state index contributed by atoms with van der Waals surface area (Å²) in [5.74, 6) is -5.90. The number of para-hydroxylation sites is 1. The fraction of sp³-hybridized carbons (Fsp3) is 0.488. The highest BCUT2D eigenvalue weighted by atomic mass is 35.5. The van der Waals surface area contributed by atoms with Gasteiger partial charge in [-0.1, -0.05) is 35.9 Å². The number of hydrogen-bond acceptors (Lipinski definition) is 21. The number of benzene rings is 2. The number of rotatable bonds is 14. The predicted octanol–water partition coefficient (Wildman–Crippen LogP) is 3.08. The molecule has 1 aromatic heterocycles. The van der Waals surface area contributed by atoms with Gasteiger partial charge in [0.15, 0.2) is 43.0 Å². The quantitative estimate of drug-likeness (QED) is 0.128. The molecule has 0 amide bonds. The number of nitrogens with zero attached hydrogens (tertiary/aromatic N) is 3. The molecule has 348 valence electrons. The number of aromatic nitrogens is 1. The van der Waals surface area contributed by atoms with E-state index < -0.39 is 116 Å². The highest BCUT2D eigenvalue weighted by Crippen LogP contribution is 2.35. The molecule has 3 aromatic rings. The van der Waals surface area contributed by atoms with Gasteiger partial charge >= 0.3 is 41.8 Å². The van der Waals surface area contributed by atoms with Gasteiger partial charge in [-0.15, -0.1) is 12.4 Å². The van der Waals surface area contributed by atoms with Gasteiger partial charge in [-0.05, 0) is 51.9 Å². The van der Waals surface area contributed by atoms with Crippen LogP contribution in [0.15, 0.2) is 64.6 Å². The van der Waals surface area contributed by atoms with Crippen molar-refractivity contribution in [1.82, 2.24) is 4.57 Å². The highest BCUT2D eigenvalue weighted by molar-refractivity contribution is 7.67. The van der Waals surface area contributed by atoms with Crippen LogP contribution in [0.2, 0.25) is 0 Å². The van der Waals surface area contributed by atoms with Crippen molar-refractivity contribution in [2.75, 3.05) is 13.2 Å².